The lowest BCUT2D eigenvalue weighted by Gasteiger charge is -2.14. The summed E-state index contributed by atoms with van der Waals surface area (Å²) in [6, 6.07) is 25.4. The van der Waals surface area contributed by atoms with Crippen molar-refractivity contribution in [1.82, 2.24) is 0 Å². The molecular weight excluding hydrogens is 304 g/mol. The number of hydrogen-bond donors (Lipinski definition) is 1. The van der Waals surface area contributed by atoms with Crippen LogP contribution in [0.25, 0.3) is 11.1 Å². The van der Waals surface area contributed by atoms with Crippen LogP contribution in [0.5, 0.6) is 5.75 Å². The summed E-state index contributed by atoms with van der Waals surface area (Å²) in [5.41, 5.74) is 5.64. The van der Waals surface area contributed by atoms with E-state index in [1.807, 2.05) is 54.6 Å². The standard InChI is InChI=1S/C21H17ClO/c1-15(16-5-3-2-4-6-16)21(17-7-11-19(22)12-8-17)18-9-13-20(23)14-10-18/h2-14,23H,1H3/b21-15-. The molecule has 0 heterocycles. The van der Waals surface area contributed by atoms with E-state index in [1.54, 1.807) is 12.1 Å². The Labute approximate surface area is 141 Å². The van der Waals surface area contributed by atoms with Crippen LogP contribution in [-0.2, 0) is 0 Å². The average Bonchev–Trinajstić information content (AvgIpc) is 2.59. The second-order valence-corrected chi connectivity index (χ2v) is 5.86. The van der Waals surface area contributed by atoms with Crippen molar-refractivity contribution in [2.24, 2.45) is 0 Å². The van der Waals surface area contributed by atoms with Crippen molar-refractivity contribution >= 4 is 22.7 Å². The smallest absolute Gasteiger partial charge is 0.115 e. The molecule has 0 amide bonds. The molecule has 1 N–H and O–H groups in total. The lowest BCUT2D eigenvalue weighted by Crippen LogP contribution is -1.92. The summed E-state index contributed by atoms with van der Waals surface area (Å²) in [6.07, 6.45) is 0. The highest BCUT2D eigenvalue weighted by Crippen LogP contribution is 2.33. The molecule has 3 aromatic carbocycles. The van der Waals surface area contributed by atoms with Gasteiger partial charge in [-0.05, 0) is 59.0 Å². The second-order valence-electron chi connectivity index (χ2n) is 5.42. The van der Waals surface area contributed by atoms with Crippen molar-refractivity contribution < 1.29 is 5.11 Å². The molecule has 0 saturated heterocycles. The molecular formula is C21H17ClO. The molecule has 0 aliphatic carbocycles. The lowest BCUT2D eigenvalue weighted by atomic mass is 9.90. The molecule has 3 aromatic rings. The summed E-state index contributed by atoms with van der Waals surface area (Å²) in [5, 5.41) is 10.3. The van der Waals surface area contributed by atoms with Gasteiger partial charge in [-0.1, -0.05) is 66.2 Å². The van der Waals surface area contributed by atoms with Crippen molar-refractivity contribution in [2.45, 2.75) is 6.92 Å². The number of hydrogen-bond acceptors (Lipinski definition) is 1. The second kappa shape index (κ2) is 6.72. The molecule has 2 heteroatoms. The van der Waals surface area contributed by atoms with E-state index in [0.29, 0.717) is 0 Å². The Bertz CT molecular complexity index is 768. The highest BCUT2D eigenvalue weighted by Gasteiger charge is 2.11. The zero-order chi connectivity index (χ0) is 16.2. The minimum atomic E-state index is 0.265. The normalized spacial score (nSPS) is 11.9. The molecule has 0 aliphatic rings. The maximum atomic E-state index is 9.57. The van der Waals surface area contributed by atoms with Crippen molar-refractivity contribution in [2.75, 3.05) is 0 Å². The van der Waals surface area contributed by atoms with Gasteiger partial charge in [-0.25, -0.2) is 0 Å². The minimum absolute atomic E-state index is 0.265. The van der Waals surface area contributed by atoms with Crippen molar-refractivity contribution in [3.63, 3.8) is 0 Å². The van der Waals surface area contributed by atoms with Crippen LogP contribution < -0.4 is 0 Å². The van der Waals surface area contributed by atoms with Crippen LogP contribution in [0.4, 0.5) is 0 Å². The number of aromatic hydroxyl groups is 1. The predicted octanol–water partition coefficient (Wildman–Crippen LogP) is 6.02. The third kappa shape index (κ3) is 3.46. The fourth-order valence-corrected chi connectivity index (χ4v) is 2.80. The number of phenols is 1. The van der Waals surface area contributed by atoms with E-state index in [4.69, 9.17) is 11.6 Å². The fourth-order valence-electron chi connectivity index (χ4n) is 2.68. The summed E-state index contributed by atoms with van der Waals surface area (Å²) in [6.45, 7) is 2.12. The third-order valence-corrected chi connectivity index (χ3v) is 4.12. The van der Waals surface area contributed by atoms with E-state index in [9.17, 15) is 5.11 Å². The van der Waals surface area contributed by atoms with E-state index >= 15 is 0 Å². The van der Waals surface area contributed by atoms with E-state index in [0.717, 1.165) is 21.7 Å². The van der Waals surface area contributed by atoms with Crippen molar-refractivity contribution in [3.8, 4) is 5.75 Å². The van der Waals surface area contributed by atoms with Gasteiger partial charge in [0.1, 0.15) is 5.75 Å². The lowest BCUT2D eigenvalue weighted by molar-refractivity contribution is 0.475. The summed E-state index contributed by atoms with van der Waals surface area (Å²) >= 11 is 6.03. The quantitative estimate of drug-likeness (QED) is 0.585. The van der Waals surface area contributed by atoms with Crippen LogP contribution >= 0.6 is 11.6 Å². The largest absolute Gasteiger partial charge is 0.508 e. The highest BCUT2D eigenvalue weighted by molar-refractivity contribution is 6.30. The maximum absolute atomic E-state index is 9.57. The zero-order valence-electron chi connectivity index (χ0n) is 12.8. The summed E-state index contributed by atoms with van der Waals surface area (Å²) in [5.74, 6) is 0.265. The van der Waals surface area contributed by atoms with Gasteiger partial charge in [0.05, 0.1) is 0 Å². The molecule has 0 spiro atoms. The van der Waals surface area contributed by atoms with Gasteiger partial charge in [0, 0.05) is 5.02 Å². The van der Waals surface area contributed by atoms with E-state index in [-0.39, 0.29) is 5.75 Å². The Balaban J connectivity index is 2.21. The molecule has 0 saturated carbocycles. The molecule has 1 nitrogen and oxygen atoms in total. The van der Waals surface area contributed by atoms with Gasteiger partial charge in [0.15, 0.2) is 0 Å². The molecule has 0 aliphatic heterocycles. The number of rotatable bonds is 3. The summed E-state index contributed by atoms with van der Waals surface area (Å²) in [7, 11) is 0. The van der Waals surface area contributed by atoms with E-state index in [2.05, 4.69) is 19.1 Å². The molecule has 0 atom stereocenters. The number of allylic oxidation sites excluding steroid dienone is 1. The number of benzene rings is 3. The van der Waals surface area contributed by atoms with Crippen molar-refractivity contribution in [3.05, 3.63) is 101 Å². The number of halogens is 1. The Morgan fingerprint density at radius 1 is 0.696 bits per heavy atom. The molecule has 0 unspecified atom stereocenters. The van der Waals surface area contributed by atoms with E-state index < -0.39 is 0 Å². The maximum Gasteiger partial charge on any atom is 0.115 e. The molecule has 23 heavy (non-hydrogen) atoms. The monoisotopic (exact) mass is 320 g/mol. The van der Waals surface area contributed by atoms with Crippen LogP contribution in [0.1, 0.15) is 23.6 Å². The molecule has 3 rings (SSSR count). The SMILES string of the molecule is C/C(=C(/c1ccc(O)cc1)c1ccc(Cl)cc1)c1ccccc1. The molecule has 0 aromatic heterocycles. The first kappa shape index (κ1) is 15.4. The van der Waals surface area contributed by atoms with Gasteiger partial charge in [-0.3, -0.25) is 0 Å². The summed E-state index contributed by atoms with van der Waals surface area (Å²) < 4.78 is 0. The fraction of sp³-hybridized carbons (Fsp3) is 0.0476. The highest BCUT2D eigenvalue weighted by atomic mass is 35.5. The van der Waals surface area contributed by atoms with Crippen LogP contribution in [0, 0.1) is 0 Å². The number of phenolic OH excluding ortho intramolecular Hbond substituents is 1. The Morgan fingerprint density at radius 3 is 1.78 bits per heavy atom. The topological polar surface area (TPSA) is 20.2 Å². The van der Waals surface area contributed by atoms with Gasteiger partial charge < -0.3 is 5.11 Å². The Morgan fingerprint density at radius 2 is 1.22 bits per heavy atom. The minimum Gasteiger partial charge on any atom is -0.508 e. The zero-order valence-corrected chi connectivity index (χ0v) is 13.6. The van der Waals surface area contributed by atoms with Gasteiger partial charge in [-0.2, -0.15) is 0 Å². The average molecular weight is 321 g/mol. The van der Waals surface area contributed by atoms with Gasteiger partial charge in [0.2, 0.25) is 0 Å². The third-order valence-electron chi connectivity index (χ3n) is 3.87. The van der Waals surface area contributed by atoms with Crippen LogP contribution in [0.2, 0.25) is 5.02 Å². The van der Waals surface area contributed by atoms with Crippen molar-refractivity contribution in [1.29, 1.82) is 0 Å². The van der Waals surface area contributed by atoms with Gasteiger partial charge in [0.25, 0.3) is 0 Å². The first-order valence-electron chi connectivity index (χ1n) is 7.47. The van der Waals surface area contributed by atoms with Gasteiger partial charge in [-0.15, -0.1) is 0 Å². The van der Waals surface area contributed by atoms with Crippen LogP contribution in [0.15, 0.2) is 78.9 Å². The Kier molecular flexibility index (Phi) is 4.50. The van der Waals surface area contributed by atoms with Gasteiger partial charge >= 0.3 is 0 Å². The first-order valence-corrected chi connectivity index (χ1v) is 7.84. The molecule has 0 bridgehead atoms. The molecule has 114 valence electrons. The molecule has 0 fully saturated rings. The summed E-state index contributed by atoms with van der Waals surface area (Å²) in [4.78, 5) is 0. The molecule has 0 radical (unpaired) electrons. The van der Waals surface area contributed by atoms with Crippen LogP contribution in [-0.4, -0.2) is 5.11 Å². The predicted molar refractivity (Wildman–Crippen MR) is 97.6 cm³/mol. The Hall–Kier alpha value is -2.51. The van der Waals surface area contributed by atoms with E-state index in [1.165, 1.54) is 11.1 Å². The first-order chi connectivity index (χ1) is 11.1. The van der Waals surface area contributed by atoms with Crippen LogP contribution in [0.3, 0.4) is 0 Å².